The number of aryl methyl sites for hydroxylation is 5. The van der Waals surface area contributed by atoms with E-state index in [1.165, 1.54) is 96.9 Å². The lowest BCUT2D eigenvalue weighted by Crippen LogP contribution is -2.29. The van der Waals surface area contributed by atoms with E-state index in [2.05, 4.69) is 86.3 Å². The van der Waals surface area contributed by atoms with Gasteiger partial charge in [0.1, 0.15) is 7.05 Å². The number of rotatable bonds is 1. The first-order valence-electron chi connectivity index (χ1n) is 12.5. The van der Waals surface area contributed by atoms with Crippen molar-refractivity contribution in [2.45, 2.75) is 59.3 Å². The molecule has 1 aliphatic carbocycles. The fourth-order valence-electron chi connectivity index (χ4n) is 7.04. The van der Waals surface area contributed by atoms with Gasteiger partial charge in [0.05, 0.1) is 27.3 Å². The lowest BCUT2D eigenvalue weighted by atomic mass is 9.89. The molecule has 0 atom stereocenters. The number of hydrogen-bond acceptors (Lipinski definition) is 0. The van der Waals surface area contributed by atoms with E-state index in [4.69, 9.17) is 0 Å². The molecule has 1 aliphatic rings. The fourth-order valence-corrected chi connectivity index (χ4v) is 7.04. The Kier molecular flexibility index (Phi) is 3.79. The number of fused-ring (bicyclic) bond motifs is 6. The smallest absolute Gasteiger partial charge is 0.224 e. The Morgan fingerprint density at radius 3 is 2.36 bits per heavy atom. The van der Waals surface area contributed by atoms with E-state index in [1.54, 1.807) is 5.56 Å². The molecule has 1 fully saturated rings. The second-order valence-electron chi connectivity index (χ2n) is 10.6. The van der Waals surface area contributed by atoms with Crippen LogP contribution < -0.4 is 4.57 Å². The van der Waals surface area contributed by atoms with E-state index >= 15 is 0 Å². The summed E-state index contributed by atoms with van der Waals surface area (Å²) in [5, 5.41) is 7.15. The third-order valence-electron chi connectivity index (χ3n) is 8.65. The minimum atomic E-state index is 0.675. The van der Waals surface area contributed by atoms with E-state index in [0.717, 1.165) is 0 Å². The molecule has 0 unspecified atom stereocenters. The lowest BCUT2D eigenvalue weighted by Gasteiger charge is -2.18. The second-order valence-corrected chi connectivity index (χ2v) is 10.6. The standard InChI is InChI=1S/C31H31N2/c1-17-9-8-12-23-27-24(21-10-6-7-11-21)16-22-13-14-32(5)30-25-20(4)18(2)15-19(3)29(25)33(28(17)23)31(27)26(22)30/h8-9,12-16,21H,6-7,10-11H2,1-5H3/q+1. The molecule has 6 aromatic rings. The van der Waals surface area contributed by atoms with E-state index in [0.29, 0.717) is 5.92 Å². The van der Waals surface area contributed by atoms with Gasteiger partial charge in [-0.3, -0.25) is 0 Å². The molecule has 0 spiro atoms. The van der Waals surface area contributed by atoms with Gasteiger partial charge in [0.25, 0.3) is 0 Å². The molecule has 1 saturated carbocycles. The summed E-state index contributed by atoms with van der Waals surface area (Å²) in [5.74, 6) is 0.675. The Hall–Kier alpha value is -3.13. The molecule has 0 radical (unpaired) electrons. The first-order chi connectivity index (χ1) is 16.0. The number of benzene rings is 3. The molecule has 164 valence electrons. The van der Waals surface area contributed by atoms with Crippen molar-refractivity contribution < 1.29 is 4.57 Å². The van der Waals surface area contributed by atoms with Crippen LogP contribution in [0, 0.1) is 27.7 Å². The summed E-state index contributed by atoms with van der Waals surface area (Å²) in [5.41, 5.74) is 12.7. The predicted octanol–water partition coefficient (Wildman–Crippen LogP) is 7.71. The van der Waals surface area contributed by atoms with Crippen molar-refractivity contribution in [2.75, 3.05) is 0 Å². The van der Waals surface area contributed by atoms with Gasteiger partial charge in [-0.1, -0.05) is 37.1 Å². The molecule has 0 saturated heterocycles. The van der Waals surface area contributed by atoms with Gasteiger partial charge in [0, 0.05) is 16.8 Å². The van der Waals surface area contributed by atoms with Crippen LogP contribution in [0.15, 0.2) is 42.6 Å². The first-order valence-corrected chi connectivity index (χ1v) is 12.5. The highest BCUT2D eigenvalue weighted by Gasteiger charge is 2.29. The highest BCUT2D eigenvalue weighted by molar-refractivity contribution is 6.28. The van der Waals surface area contributed by atoms with E-state index in [1.807, 2.05) is 0 Å². The molecule has 0 bridgehead atoms. The van der Waals surface area contributed by atoms with Crippen LogP contribution in [0.5, 0.6) is 0 Å². The number of hydrogen-bond donors (Lipinski definition) is 0. The van der Waals surface area contributed by atoms with Crippen LogP contribution >= 0.6 is 0 Å². The van der Waals surface area contributed by atoms with Crippen LogP contribution in [-0.2, 0) is 7.05 Å². The van der Waals surface area contributed by atoms with Gasteiger partial charge in [-0.15, -0.1) is 0 Å². The fraction of sp³-hybridized carbons (Fsp3) is 0.323. The highest BCUT2D eigenvalue weighted by atomic mass is 15.0. The average molecular weight is 432 g/mol. The summed E-state index contributed by atoms with van der Waals surface area (Å²) in [6, 6.07) is 14.2. The molecule has 0 aliphatic heterocycles. The van der Waals surface area contributed by atoms with Crippen molar-refractivity contribution >= 4 is 49.0 Å². The van der Waals surface area contributed by atoms with E-state index in [-0.39, 0.29) is 0 Å². The van der Waals surface area contributed by atoms with Crippen molar-refractivity contribution in [1.82, 2.24) is 4.40 Å². The number of para-hydroxylation sites is 1. The van der Waals surface area contributed by atoms with Gasteiger partial charge < -0.3 is 4.40 Å². The molecule has 0 amide bonds. The van der Waals surface area contributed by atoms with Crippen LogP contribution in [0.4, 0.5) is 0 Å². The Bertz CT molecular complexity index is 1760. The molecule has 7 rings (SSSR count). The van der Waals surface area contributed by atoms with Crippen molar-refractivity contribution in [3.63, 3.8) is 0 Å². The summed E-state index contributed by atoms with van der Waals surface area (Å²) in [6.07, 6.45) is 7.63. The average Bonchev–Trinajstić information content (AvgIpc) is 3.45. The van der Waals surface area contributed by atoms with Crippen LogP contribution in [0.3, 0.4) is 0 Å². The first kappa shape index (κ1) is 19.3. The van der Waals surface area contributed by atoms with Gasteiger partial charge in [-0.25, -0.2) is 4.57 Å². The zero-order valence-corrected chi connectivity index (χ0v) is 20.3. The van der Waals surface area contributed by atoms with Gasteiger partial charge in [-0.05, 0) is 85.7 Å². The molecular formula is C31H31N2+. The summed E-state index contributed by atoms with van der Waals surface area (Å²) >= 11 is 0. The van der Waals surface area contributed by atoms with Crippen molar-refractivity contribution in [1.29, 1.82) is 0 Å². The van der Waals surface area contributed by atoms with Crippen LogP contribution in [-0.4, -0.2) is 4.40 Å². The molecule has 3 heterocycles. The summed E-state index contributed by atoms with van der Waals surface area (Å²) in [6.45, 7) is 9.15. The predicted molar refractivity (Wildman–Crippen MR) is 140 cm³/mol. The highest BCUT2D eigenvalue weighted by Crippen LogP contribution is 2.48. The normalized spacial score (nSPS) is 15.4. The summed E-state index contributed by atoms with van der Waals surface area (Å²) in [7, 11) is 2.22. The Morgan fingerprint density at radius 1 is 0.788 bits per heavy atom. The van der Waals surface area contributed by atoms with Gasteiger partial charge in [0.15, 0.2) is 6.20 Å². The number of aromatic nitrogens is 2. The molecule has 3 aromatic heterocycles. The minimum absolute atomic E-state index is 0.675. The van der Waals surface area contributed by atoms with Crippen LogP contribution in [0.2, 0.25) is 0 Å². The van der Waals surface area contributed by atoms with Crippen molar-refractivity contribution in [3.8, 4) is 0 Å². The zero-order valence-electron chi connectivity index (χ0n) is 20.3. The van der Waals surface area contributed by atoms with Gasteiger partial charge in [-0.2, -0.15) is 0 Å². The minimum Gasteiger partial charge on any atom is -0.307 e. The van der Waals surface area contributed by atoms with Crippen molar-refractivity contribution in [2.24, 2.45) is 7.05 Å². The number of nitrogens with zero attached hydrogens (tertiary/aromatic N) is 2. The van der Waals surface area contributed by atoms with Crippen LogP contribution in [0.25, 0.3) is 49.0 Å². The van der Waals surface area contributed by atoms with E-state index in [9.17, 15) is 0 Å². The molecule has 2 heteroatoms. The Labute approximate surface area is 194 Å². The lowest BCUT2D eigenvalue weighted by molar-refractivity contribution is -0.643. The van der Waals surface area contributed by atoms with Crippen molar-refractivity contribution in [3.05, 3.63) is 70.4 Å². The summed E-state index contributed by atoms with van der Waals surface area (Å²) in [4.78, 5) is 0. The molecule has 33 heavy (non-hydrogen) atoms. The Balaban J connectivity index is 1.92. The maximum absolute atomic E-state index is 2.64. The van der Waals surface area contributed by atoms with Gasteiger partial charge >= 0.3 is 0 Å². The quantitative estimate of drug-likeness (QED) is 0.143. The molecule has 0 N–H and O–H groups in total. The molecule has 3 aromatic carbocycles. The molecule has 2 nitrogen and oxygen atoms in total. The third-order valence-corrected chi connectivity index (χ3v) is 8.65. The maximum Gasteiger partial charge on any atom is 0.224 e. The third kappa shape index (κ3) is 2.32. The molecular weight excluding hydrogens is 400 g/mol. The van der Waals surface area contributed by atoms with E-state index < -0.39 is 0 Å². The SMILES string of the molecule is Cc1cc(C)c2c(c1C)c1c3c(cc[n+]1C)cc(C1CCCC1)c1c4cccc(C)c4n2c13. The zero-order chi connectivity index (χ0) is 22.6. The van der Waals surface area contributed by atoms with Crippen LogP contribution in [0.1, 0.15) is 59.4 Å². The van der Waals surface area contributed by atoms with Gasteiger partial charge in [0.2, 0.25) is 5.52 Å². The number of pyridine rings is 2. The monoisotopic (exact) mass is 431 g/mol. The second kappa shape index (κ2) is 6.47. The largest absolute Gasteiger partial charge is 0.307 e. The maximum atomic E-state index is 2.64. The Morgan fingerprint density at radius 2 is 1.58 bits per heavy atom. The topological polar surface area (TPSA) is 8.29 Å². The summed E-state index contributed by atoms with van der Waals surface area (Å²) < 4.78 is 5.00.